The van der Waals surface area contributed by atoms with Crippen LogP contribution in [-0.4, -0.2) is 53.8 Å². The smallest absolute Gasteiger partial charge is 0.251 e. The van der Waals surface area contributed by atoms with Crippen LogP contribution in [0.1, 0.15) is 28.6 Å². The predicted octanol–water partition coefficient (Wildman–Crippen LogP) is 5.76. The Balaban J connectivity index is 1.73. The van der Waals surface area contributed by atoms with Crippen LogP contribution >= 0.6 is 11.8 Å². The number of nitrogens with zero attached hydrogens (tertiary/aromatic N) is 3. The largest absolute Gasteiger partial charge is 0.497 e. The summed E-state index contributed by atoms with van der Waals surface area (Å²) in [7, 11) is 4.58. The summed E-state index contributed by atoms with van der Waals surface area (Å²) in [6, 6.07) is 18.4. The summed E-state index contributed by atoms with van der Waals surface area (Å²) in [5.74, 6) is 0.238. The molecule has 1 heterocycles. The number of carbonyl (C=O) groups excluding carboxylic acids is 2. The highest BCUT2D eigenvalue weighted by molar-refractivity contribution is 7.99. The molecule has 4 aromatic rings. The van der Waals surface area contributed by atoms with E-state index in [9.17, 15) is 14.0 Å². The van der Waals surface area contributed by atoms with E-state index < -0.39 is 17.8 Å². The molecule has 4 rings (SSSR count). The molecule has 1 N–H and O–H groups in total. The molecular weight excluding hydrogens is 571 g/mol. The third kappa shape index (κ3) is 8.23. The lowest BCUT2D eigenvalue weighted by Gasteiger charge is -2.32. The quantitative estimate of drug-likeness (QED) is 0.161. The van der Waals surface area contributed by atoms with Gasteiger partial charge in [0.1, 0.15) is 29.1 Å². The maximum absolute atomic E-state index is 14.1. The maximum Gasteiger partial charge on any atom is 0.251 e. The standard InChI is InChI=1S/C32H33FN4O5S/c1-20-16-21(2)35-32(34-20)43-19-29(38)37(18-22-6-12-25(40-3)13-7-22)30(23-8-10-24(33)11-9-23)31(39)36-27-15-14-26(41-4)17-28(27)42-5/h6-17,30H,18-19H2,1-5H3,(H,36,39). The summed E-state index contributed by atoms with van der Waals surface area (Å²) < 4.78 is 30.0. The Kier molecular flexibility index (Phi) is 10.6. The Morgan fingerprint density at radius 3 is 2.09 bits per heavy atom. The van der Waals surface area contributed by atoms with Crippen molar-refractivity contribution >= 4 is 29.3 Å². The number of amides is 2. The molecule has 0 radical (unpaired) electrons. The van der Waals surface area contributed by atoms with Crippen molar-refractivity contribution in [1.29, 1.82) is 0 Å². The van der Waals surface area contributed by atoms with Gasteiger partial charge in [0.15, 0.2) is 5.16 Å². The number of hydrogen-bond donors (Lipinski definition) is 1. The summed E-state index contributed by atoms with van der Waals surface area (Å²) in [4.78, 5) is 38.4. The van der Waals surface area contributed by atoms with E-state index in [2.05, 4.69) is 15.3 Å². The van der Waals surface area contributed by atoms with Crippen molar-refractivity contribution in [2.45, 2.75) is 31.6 Å². The van der Waals surface area contributed by atoms with Crippen LogP contribution in [0.4, 0.5) is 10.1 Å². The molecule has 11 heteroatoms. The number of halogens is 1. The Morgan fingerprint density at radius 2 is 1.49 bits per heavy atom. The molecule has 1 atom stereocenters. The highest BCUT2D eigenvalue weighted by atomic mass is 32.2. The molecule has 2 amide bonds. The maximum atomic E-state index is 14.1. The number of hydrogen-bond acceptors (Lipinski definition) is 8. The van der Waals surface area contributed by atoms with E-state index in [0.717, 1.165) is 17.0 Å². The van der Waals surface area contributed by atoms with E-state index >= 15 is 0 Å². The fraction of sp³-hybridized carbons (Fsp3) is 0.250. The van der Waals surface area contributed by atoms with Crippen LogP contribution in [0.25, 0.3) is 0 Å². The number of aryl methyl sites for hydroxylation is 2. The van der Waals surface area contributed by atoms with Gasteiger partial charge in [0.25, 0.3) is 5.91 Å². The number of benzene rings is 3. The fourth-order valence-corrected chi connectivity index (χ4v) is 5.27. The van der Waals surface area contributed by atoms with Gasteiger partial charge in [-0.3, -0.25) is 9.59 Å². The molecule has 1 aromatic heterocycles. The van der Waals surface area contributed by atoms with Crippen molar-refractivity contribution in [3.05, 3.63) is 101 Å². The number of aromatic nitrogens is 2. The van der Waals surface area contributed by atoms with Crippen LogP contribution in [0, 0.1) is 19.7 Å². The van der Waals surface area contributed by atoms with Crippen LogP contribution in [0.3, 0.4) is 0 Å². The van der Waals surface area contributed by atoms with Gasteiger partial charge in [0.2, 0.25) is 5.91 Å². The Bertz CT molecular complexity index is 1550. The molecular formula is C32H33FN4O5S. The van der Waals surface area contributed by atoms with Gasteiger partial charge in [0, 0.05) is 24.0 Å². The third-order valence-electron chi connectivity index (χ3n) is 6.53. The lowest BCUT2D eigenvalue weighted by atomic mass is 10.0. The van der Waals surface area contributed by atoms with Gasteiger partial charge in [-0.15, -0.1) is 0 Å². The summed E-state index contributed by atoms with van der Waals surface area (Å²) >= 11 is 1.18. The first-order chi connectivity index (χ1) is 20.7. The molecule has 0 aliphatic heterocycles. The predicted molar refractivity (Wildman–Crippen MR) is 163 cm³/mol. The molecule has 224 valence electrons. The fourth-order valence-electron chi connectivity index (χ4n) is 4.44. The molecule has 0 spiro atoms. The summed E-state index contributed by atoms with van der Waals surface area (Å²) in [6.45, 7) is 3.81. The topological polar surface area (TPSA) is 103 Å². The molecule has 0 saturated carbocycles. The van der Waals surface area contributed by atoms with E-state index in [4.69, 9.17) is 14.2 Å². The summed E-state index contributed by atoms with van der Waals surface area (Å²) in [5.41, 5.74) is 3.16. The van der Waals surface area contributed by atoms with Crippen LogP contribution in [0.5, 0.6) is 17.2 Å². The lowest BCUT2D eigenvalue weighted by Crippen LogP contribution is -2.42. The van der Waals surface area contributed by atoms with Crippen molar-refractivity contribution in [2.75, 3.05) is 32.4 Å². The van der Waals surface area contributed by atoms with Crippen LogP contribution in [0.2, 0.25) is 0 Å². The van der Waals surface area contributed by atoms with Gasteiger partial charge in [-0.25, -0.2) is 14.4 Å². The van der Waals surface area contributed by atoms with Gasteiger partial charge in [0.05, 0.1) is 32.8 Å². The van der Waals surface area contributed by atoms with Crippen molar-refractivity contribution in [3.8, 4) is 17.2 Å². The van der Waals surface area contributed by atoms with Gasteiger partial charge >= 0.3 is 0 Å². The molecule has 43 heavy (non-hydrogen) atoms. The second-order valence-electron chi connectivity index (χ2n) is 9.60. The van der Waals surface area contributed by atoms with Gasteiger partial charge in [-0.2, -0.15) is 0 Å². The van der Waals surface area contributed by atoms with Gasteiger partial charge in [-0.1, -0.05) is 36.0 Å². The van der Waals surface area contributed by atoms with Crippen molar-refractivity contribution in [1.82, 2.24) is 14.9 Å². The number of anilines is 1. The monoisotopic (exact) mass is 604 g/mol. The molecule has 0 bridgehead atoms. The van der Waals surface area contributed by atoms with Crippen molar-refractivity contribution in [2.24, 2.45) is 0 Å². The summed E-state index contributed by atoms with van der Waals surface area (Å²) in [5, 5.41) is 3.35. The second-order valence-corrected chi connectivity index (χ2v) is 10.5. The Hall–Kier alpha value is -4.64. The first kappa shape index (κ1) is 31.3. The van der Waals surface area contributed by atoms with E-state index in [1.807, 2.05) is 32.0 Å². The van der Waals surface area contributed by atoms with E-state index in [0.29, 0.717) is 33.7 Å². The number of methoxy groups -OCH3 is 3. The first-order valence-electron chi connectivity index (χ1n) is 13.4. The third-order valence-corrected chi connectivity index (χ3v) is 7.36. The molecule has 0 aliphatic carbocycles. The first-order valence-corrected chi connectivity index (χ1v) is 14.3. The average Bonchev–Trinajstić information content (AvgIpc) is 3.00. The number of rotatable bonds is 12. The Morgan fingerprint density at radius 1 is 0.860 bits per heavy atom. The minimum absolute atomic E-state index is 0.0319. The van der Waals surface area contributed by atoms with Gasteiger partial charge < -0.3 is 24.4 Å². The molecule has 0 saturated heterocycles. The summed E-state index contributed by atoms with van der Waals surface area (Å²) in [6.07, 6.45) is 0. The second kappa shape index (κ2) is 14.5. The SMILES string of the molecule is COc1ccc(CN(C(=O)CSc2nc(C)cc(C)n2)C(C(=O)Nc2ccc(OC)cc2OC)c2ccc(F)cc2)cc1. The van der Waals surface area contributed by atoms with Crippen LogP contribution < -0.4 is 19.5 Å². The normalized spacial score (nSPS) is 11.4. The van der Waals surface area contributed by atoms with E-state index in [-0.39, 0.29) is 18.2 Å². The zero-order valence-corrected chi connectivity index (χ0v) is 25.4. The minimum atomic E-state index is -1.12. The average molecular weight is 605 g/mol. The Labute approximate surface area is 254 Å². The highest BCUT2D eigenvalue weighted by Crippen LogP contribution is 2.32. The molecule has 9 nitrogen and oxygen atoms in total. The lowest BCUT2D eigenvalue weighted by molar-refractivity contribution is -0.137. The van der Waals surface area contributed by atoms with Crippen molar-refractivity contribution in [3.63, 3.8) is 0 Å². The van der Waals surface area contributed by atoms with Crippen molar-refractivity contribution < 1.29 is 28.2 Å². The van der Waals surface area contributed by atoms with Gasteiger partial charge in [-0.05, 0) is 67.4 Å². The molecule has 1 unspecified atom stereocenters. The molecule has 0 fully saturated rings. The van der Waals surface area contributed by atoms with E-state index in [1.54, 1.807) is 37.4 Å². The molecule has 0 aliphatic rings. The zero-order chi connectivity index (χ0) is 30.9. The van der Waals surface area contributed by atoms with Crippen LogP contribution in [0.15, 0.2) is 78.0 Å². The van der Waals surface area contributed by atoms with Crippen LogP contribution in [-0.2, 0) is 16.1 Å². The molecule has 3 aromatic carbocycles. The number of thioether (sulfide) groups is 1. The number of carbonyl (C=O) groups is 2. The van der Waals surface area contributed by atoms with E-state index in [1.165, 1.54) is 55.1 Å². The number of ether oxygens (including phenoxy) is 3. The minimum Gasteiger partial charge on any atom is -0.497 e. The highest BCUT2D eigenvalue weighted by Gasteiger charge is 2.32. The number of nitrogens with one attached hydrogen (secondary N) is 1. The zero-order valence-electron chi connectivity index (χ0n) is 24.6.